The van der Waals surface area contributed by atoms with Crippen LogP contribution < -0.4 is 10.5 Å². The molecule has 2 heterocycles. The zero-order valence-electron chi connectivity index (χ0n) is 10.7. The minimum atomic E-state index is -1.14. The lowest BCUT2D eigenvalue weighted by Crippen LogP contribution is -2.33. The van der Waals surface area contributed by atoms with Gasteiger partial charge in [0.2, 0.25) is 0 Å². The predicted molar refractivity (Wildman–Crippen MR) is 73.0 cm³/mol. The molecular formula is C14H13N3O3. The lowest BCUT2D eigenvalue weighted by molar-refractivity contribution is 0.0696. The topological polar surface area (TPSA) is 86.3 Å². The van der Waals surface area contributed by atoms with E-state index in [2.05, 4.69) is 16.3 Å². The maximum Gasteiger partial charge on any atom is 0.339 e. The van der Waals surface area contributed by atoms with Gasteiger partial charge in [0.25, 0.3) is 5.56 Å². The molecule has 102 valence electrons. The zero-order valence-corrected chi connectivity index (χ0v) is 10.7. The van der Waals surface area contributed by atoms with Crippen molar-refractivity contribution in [3.63, 3.8) is 0 Å². The first kappa shape index (κ1) is 12.4. The standard InChI is InChI=1S/C14H13N3O3/c18-12-7-11(14(19)20)13(16-15-12)17-6-5-9-3-1-2-4-10(9)8-17/h1-4,7H,5-6,8H2,(H,15,18)(H,19,20). The second kappa shape index (κ2) is 4.80. The van der Waals surface area contributed by atoms with E-state index in [1.807, 2.05) is 23.1 Å². The lowest BCUT2D eigenvalue weighted by Gasteiger charge is -2.30. The van der Waals surface area contributed by atoms with Crippen molar-refractivity contribution in [3.8, 4) is 0 Å². The monoisotopic (exact) mass is 271 g/mol. The third-order valence-corrected chi connectivity index (χ3v) is 3.45. The van der Waals surface area contributed by atoms with Gasteiger partial charge in [0.05, 0.1) is 0 Å². The summed E-state index contributed by atoms with van der Waals surface area (Å²) in [5.74, 6) is -0.830. The van der Waals surface area contributed by atoms with Crippen LogP contribution in [0.1, 0.15) is 21.5 Å². The molecule has 1 aromatic carbocycles. The van der Waals surface area contributed by atoms with Gasteiger partial charge in [-0.2, -0.15) is 5.10 Å². The number of anilines is 1. The van der Waals surface area contributed by atoms with E-state index >= 15 is 0 Å². The highest BCUT2D eigenvalue weighted by atomic mass is 16.4. The van der Waals surface area contributed by atoms with E-state index in [-0.39, 0.29) is 5.56 Å². The van der Waals surface area contributed by atoms with E-state index in [1.54, 1.807) is 0 Å². The van der Waals surface area contributed by atoms with Crippen LogP contribution >= 0.6 is 0 Å². The Morgan fingerprint density at radius 2 is 2.05 bits per heavy atom. The number of carbonyl (C=O) groups is 1. The number of aromatic amines is 1. The number of aromatic nitrogens is 2. The number of H-pyrrole nitrogens is 1. The van der Waals surface area contributed by atoms with Gasteiger partial charge in [-0.3, -0.25) is 4.79 Å². The van der Waals surface area contributed by atoms with Crippen LogP contribution in [0.3, 0.4) is 0 Å². The minimum absolute atomic E-state index is 0.0619. The number of hydrogen-bond donors (Lipinski definition) is 2. The average Bonchev–Trinajstić information content (AvgIpc) is 2.46. The van der Waals surface area contributed by atoms with Gasteiger partial charge in [-0.25, -0.2) is 9.89 Å². The van der Waals surface area contributed by atoms with Gasteiger partial charge in [0.1, 0.15) is 5.56 Å². The van der Waals surface area contributed by atoms with Crippen molar-refractivity contribution < 1.29 is 9.90 Å². The fraction of sp³-hybridized carbons (Fsp3) is 0.214. The van der Waals surface area contributed by atoms with E-state index in [1.165, 1.54) is 5.56 Å². The van der Waals surface area contributed by atoms with Crippen LogP contribution in [0.15, 0.2) is 35.1 Å². The second-order valence-electron chi connectivity index (χ2n) is 4.71. The van der Waals surface area contributed by atoms with Crippen LogP contribution in [0.4, 0.5) is 5.82 Å². The fourth-order valence-electron chi connectivity index (χ4n) is 2.47. The first-order chi connectivity index (χ1) is 9.65. The van der Waals surface area contributed by atoms with Crippen LogP contribution in [0.2, 0.25) is 0 Å². The first-order valence-corrected chi connectivity index (χ1v) is 6.30. The van der Waals surface area contributed by atoms with Gasteiger partial charge in [-0.1, -0.05) is 24.3 Å². The molecule has 1 aliphatic rings. The van der Waals surface area contributed by atoms with Crippen molar-refractivity contribution >= 4 is 11.8 Å². The Morgan fingerprint density at radius 1 is 1.30 bits per heavy atom. The number of nitrogens with zero attached hydrogens (tertiary/aromatic N) is 2. The molecule has 6 nitrogen and oxygen atoms in total. The van der Waals surface area contributed by atoms with Crippen LogP contribution in [-0.2, 0) is 13.0 Å². The molecule has 0 amide bonds. The molecular weight excluding hydrogens is 258 g/mol. The van der Waals surface area contributed by atoms with Gasteiger partial charge in [0.15, 0.2) is 5.82 Å². The summed E-state index contributed by atoms with van der Waals surface area (Å²) in [6.07, 6.45) is 0.829. The van der Waals surface area contributed by atoms with Gasteiger partial charge in [-0.05, 0) is 17.5 Å². The number of aromatic carboxylic acids is 1. The van der Waals surface area contributed by atoms with Crippen LogP contribution in [0, 0.1) is 0 Å². The molecule has 2 aromatic rings. The largest absolute Gasteiger partial charge is 0.478 e. The van der Waals surface area contributed by atoms with E-state index in [4.69, 9.17) is 0 Å². The maximum atomic E-state index is 11.2. The summed E-state index contributed by atoms with van der Waals surface area (Å²) in [6.45, 7) is 1.27. The van der Waals surface area contributed by atoms with Gasteiger partial charge in [-0.15, -0.1) is 0 Å². The van der Waals surface area contributed by atoms with E-state index in [0.29, 0.717) is 18.9 Å². The highest BCUT2D eigenvalue weighted by Gasteiger charge is 2.22. The molecule has 0 aliphatic carbocycles. The third kappa shape index (κ3) is 2.16. The number of hydrogen-bond acceptors (Lipinski definition) is 4. The molecule has 0 radical (unpaired) electrons. The Bertz CT molecular complexity index is 724. The molecule has 6 heteroatoms. The lowest BCUT2D eigenvalue weighted by atomic mass is 10.00. The molecule has 3 rings (SSSR count). The molecule has 1 aromatic heterocycles. The molecule has 0 saturated heterocycles. The van der Waals surface area contributed by atoms with Crippen LogP contribution in [0.5, 0.6) is 0 Å². The molecule has 0 unspecified atom stereocenters. The summed E-state index contributed by atoms with van der Waals surface area (Å²) < 4.78 is 0. The second-order valence-corrected chi connectivity index (χ2v) is 4.71. The van der Waals surface area contributed by atoms with E-state index < -0.39 is 11.5 Å². The summed E-state index contributed by atoms with van der Waals surface area (Å²) in [5.41, 5.74) is 1.85. The van der Waals surface area contributed by atoms with Crippen molar-refractivity contribution in [2.45, 2.75) is 13.0 Å². The van der Waals surface area contributed by atoms with Crippen molar-refractivity contribution in [2.24, 2.45) is 0 Å². The summed E-state index contributed by atoms with van der Waals surface area (Å²) in [7, 11) is 0. The molecule has 0 fully saturated rings. The highest BCUT2D eigenvalue weighted by molar-refractivity contribution is 5.93. The Balaban J connectivity index is 1.99. The smallest absolute Gasteiger partial charge is 0.339 e. The van der Waals surface area contributed by atoms with Crippen LogP contribution in [-0.4, -0.2) is 27.8 Å². The molecule has 0 saturated carbocycles. The van der Waals surface area contributed by atoms with Gasteiger partial charge < -0.3 is 10.0 Å². The number of fused-ring (bicyclic) bond motifs is 1. The minimum Gasteiger partial charge on any atom is -0.478 e. The Morgan fingerprint density at radius 3 is 2.80 bits per heavy atom. The summed E-state index contributed by atoms with van der Waals surface area (Å²) in [5, 5.41) is 15.4. The quantitative estimate of drug-likeness (QED) is 0.852. The highest BCUT2D eigenvalue weighted by Crippen LogP contribution is 2.24. The summed E-state index contributed by atoms with van der Waals surface area (Å²) in [4.78, 5) is 24.3. The Hall–Kier alpha value is -2.63. The van der Waals surface area contributed by atoms with Crippen LogP contribution in [0.25, 0.3) is 0 Å². The molecule has 20 heavy (non-hydrogen) atoms. The maximum absolute atomic E-state index is 11.2. The van der Waals surface area contributed by atoms with Gasteiger partial charge >= 0.3 is 5.97 Å². The number of benzene rings is 1. The van der Waals surface area contributed by atoms with Gasteiger partial charge in [0, 0.05) is 19.2 Å². The number of nitrogens with one attached hydrogen (secondary N) is 1. The molecule has 0 atom stereocenters. The van der Waals surface area contributed by atoms with Crippen molar-refractivity contribution in [1.29, 1.82) is 0 Å². The predicted octanol–water partition coefficient (Wildman–Crippen LogP) is 1.03. The van der Waals surface area contributed by atoms with Crippen molar-refractivity contribution in [3.05, 3.63) is 57.4 Å². The zero-order chi connectivity index (χ0) is 14.1. The normalized spacial score (nSPS) is 13.9. The first-order valence-electron chi connectivity index (χ1n) is 6.30. The molecule has 2 N–H and O–H groups in total. The van der Waals surface area contributed by atoms with Crippen molar-refractivity contribution in [1.82, 2.24) is 10.2 Å². The summed E-state index contributed by atoms with van der Waals surface area (Å²) >= 11 is 0. The van der Waals surface area contributed by atoms with Crippen molar-refractivity contribution in [2.75, 3.05) is 11.4 Å². The molecule has 0 bridgehead atoms. The number of carboxylic acid groups (broad SMARTS) is 1. The SMILES string of the molecule is O=C(O)c1cc(=O)[nH]nc1N1CCc2ccccc2C1. The Kier molecular flexibility index (Phi) is 2.98. The average molecular weight is 271 g/mol. The van der Waals surface area contributed by atoms with E-state index in [9.17, 15) is 14.7 Å². The molecule has 1 aliphatic heterocycles. The fourth-order valence-corrected chi connectivity index (χ4v) is 2.47. The Labute approximate surface area is 114 Å². The summed E-state index contributed by atoms with van der Waals surface area (Å²) in [6, 6.07) is 9.13. The number of rotatable bonds is 2. The third-order valence-electron chi connectivity index (χ3n) is 3.45. The molecule has 0 spiro atoms. The van der Waals surface area contributed by atoms with E-state index in [0.717, 1.165) is 18.1 Å². The number of carboxylic acids is 1.